The Morgan fingerprint density at radius 1 is 1.12 bits per heavy atom. The number of hydrogen-bond acceptors (Lipinski definition) is 7. The molecule has 1 amide bonds. The Balaban J connectivity index is 1.43. The van der Waals surface area contributed by atoms with Crippen molar-refractivity contribution in [2.75, 3.05) is 36.5 Å². The fourth-order valence-electron chi connectivity index (χ4n) is 4.14. The third kappa shape index (κ3) is 3.81. The fourth-order valence-corrected chi connectivity index (χ4v) is 4.14. The van der Waals surface area contributed by atoms with Crippen LogP contribution in [0, 0.1) is 5.92 Å². The molecule has 5 heterocycles. The number of hydrogen-bond donors (Lipinski definition) is 1. The highest BCUT2D eigenvalue weighted by atomic mass is 19.3. The second-order valence-electron chi connectivity index (χ2n) is 8.46. The minimum Gasteiger partial charge on any atom is -0.378 e. The molecule has 0 radical (unpaired) electrons. The fraction of sp³-hybridized carbons (Fsp3) is 0.348. The zero-order chi connectivity index (χ0) is 23.2. The topological polar surface area (TPSA) is 97.5 Å². The summed E-state index contributed by atoms with van der Waals surface area (Å²) < 4.78 is 34.4. The van der Waals surface area contributed by atoms with E-state index in [9.17, 15) is 13.6 Å². The third-order valence-corrected chi connectivity index (χ3v) is 6.14. The smallest absolute Gasteiger partial charge is 0.281 e. The second kappa shape index (κ2) is 8.24. The number of halogens is 2. The normalized spacial score (nSPS) is 16.5. The minimum absolute atomic E-state index is 0.00759. The number of carbonyl (C=O) groups excluding carboxylic acids is 1. The van der Waals surface area contributed by atoms with Crippen molar-refractivity contribution in [2.45, 2.75) is 19.3 Å². The van der Waals surface area contributed by atoms with Crippen molar-refractivity contribution in [2.24, 2.45) is 5.92 Å². The third-order valence-electron chi connectivity index (χ3n) is 6.14. The van der Waals surface area contributed by atoms with Crippen LogP contribution in [0.5, 0.6) is 0 Å². The molecule has 174 valence electrons. The van der Waals surface area contributed by atoms with Gasteiger partial charge in [0.15, 0.2) is 11.5 Å². The maximum Gasteiger partial charge on any atom is 0.281 e. The Hall–Kier alpha value is -3.73. The summed E-state index contributed by atoms with van der Waals surface area (Å²) in [5.74, 6) is 0.531. The molecule has 6 rings (SSSR count). The molecule has 4 aromatic heterocycles. The molecular weight excluding hydrogens is 444 g/mol. The van der Waals surface area contributed by atoms with Crippen molar-refractivity contribution in [3.8, 4) is 11.4 Å². The highest BCUT2D eigenvalue weighted by Crippen LogP contribution is 2.34. The monoisotopic (exact) mass is 465 g/mol. The first-order valence-electron chi connectivity index (χ1n) is 11.1. The molecule has 4 aromatic rings. The van der Waals surface area contributed by atoms with Gasteiger partial charge in [0, 0.05) is 47.7 Å². The highest BCUT2D eigenvalue weighted by Gasteiger charge is 2.30. The second-order valence-corrected chi connectivity index (χ2v) is 8.46. The molecule has 9 nitrogen and oxygen atoms in total. The number of anilines is 2. The van der Waals surface area contributed by atoms with Crippen molar-refractivity contribution in [1.82, 2.24) is 24.6 Å². The van der Waals surface area contributed by atoms with Crippen LogP contribution >= 0.6 is 0 Å². The van der Waals surface area contributed by atoms with Crippen molar-refractivity contribution < 1.29 is 18.3 Å². The Labute approximate surface area is 192 Å². The molecule has 0 spiro atoms. The molecule has 1 aliphatic heterocycles. The number of pyridine rings is 3. The summed E-state index contributed by atoms with van der Waals surface area (Å²) in [5, 5.41) is 8.03. The van der Waals surface area contributed by atoms with E-state index >= 15 is 0 Å². The van der Waals surface area contributed by atoms with Crippen LogP contribution in [0.25, 0.3) is 27.8 Å². The number of fused-ring (bicyclic) bond motifs is 2. The van der Waals surface area contributed by atoms with Gasteiger partial charge in [-0.25, -0.2) is 23.3 Å². The van der Waals surface area contributed by atoms with E-state index in [1.54, 1.807) is 10.6 Å². The first-order chi connectivity index (χ1) is 16.6. The van der Waals surface area contributed by atoms with E-state index in [4.69, 9.17) is 4.74 Å². The molecule has 1 saturated heterocycles. The van der Waals surface area contributed by atoms with Crippen molar-refractivity contribution in [3.05, 3.63) is 42.5 Å². The molecule has 34 heavy (non-hydrogen) atoms. The maximum atomic E-state index is 13.6. The largest absolute Gasteiger partial charge is 0.378 e. The predicted molar refractivity (Wildman–Crippen MR) is 121 cm³/mol. The number of morpholine rings is 1. The van der Waals surface area contributed by atoms with E-state index in [-0.39, 0.29) is 22.9 Å². The van der Waals surface area contributed by atoms with E-state index in [0.29, 0.717) is 41.5 Å². The van der Waals surface area contributed by atoms with E-state index in [1.165, 1.54) is 12.4 Å². The number of carbonyl (C=O) groups is 1. The highest BCUT2D eigenvalue weighted by molar-refractivity contribution is 6.00. The summed E-state index contributed by atoms with van der Waals surface area (Å²) in [6.07, 6.45) is 3.50. The number of rotatable bonds is 5. The Bertz CT molecular complexity index is 1400. The molecule has 0 aromatic carbocycles. The van der Waals surface area contributed by atoms with Gasteiger partial charge >= 0.3 is 0 Å². The Kier molecular flexibility index (Phi) is 5.05. The molecule has 11 heteroatoms. The van der Waals surface area contributed by atoms with Gasteiger partial charge in [0.25, 0.3) is 6.43 Å². The van der Waals surface area contributed by atoms with Crippen molar-refractivity contribution in [1.29, 1.82) is 0 Å². The number of alkyl halides is 2. The van der Waals surface area contributed by atoms with Crippen molar-refractivity contribution >= 4 is 33.8 Å². The van der Waals surface area contributed by atoms with Crippen LogP contribution in [-0.4, -0.2) is 56.8 Å². The van der Waals surface area contributed by atoms with Crippen LogP contribution in [-0.2, 0) is 9.53 Å². The molecule has 0 atom stereocenters. The first kappa shape index (κ1) is 20.8. The molecule has 1 saturated carbocycles. The van der Waals surface area contributed by atoms with Crippen LogP contribution in [0.2, 0.25) is 0 Å². The summed E-state index contributed by atoms with van der Waals surface area (Å²) in [5.41, 5.74) is 1.73. The lowest BCUT2D eigenvalue weighted by Crippen LogP contribution is -2.36. The average Bonchev–Trinajstić information content (AvgIpc) is 3.62. The summed E-state index contributed by atoms with van der Waals surface area (Å²) in [7, 11) is 0. The lowest BCUT2D eigenvalue weighted by Gasteiger charge is -2.28. The quantitative estimate of drug-likeness (QED) is 0.482. The van der Waals surface area contributed by atoms with E-state index in [1.807, 2.05) is 18.3 Å². The van der Waals surface area contributed by atoms with Gasteiger partial charge in [0.2, 0.25) is 5.91 Å². The van der Waals surface area contributed by atoms with Crippen LogP contribution < -0.4 is 10.2 Å². The number of amides is 1. The zero-order valence-corrected chi connectivity index (χ0v) is 18.1. The number of nitrogens with zero attached hydrogens (tertiary/aromatic N) is 6. The van der Waals surface area contributed by atoms with Gasteiger partial charge in [-0.2, -0.15) is 0 Å². The number of aromatic nitrogens is 5. The number of ether oxygens (including phenoxy) is 1. The van der Waals surface area contributed by atoms with E-state index in [0.717, 1.165) is 31.6 Å². The van der Waals surface area contributed by atoms with Gasteiger partial charge in [-0.05, 0) is 31.0 Å². The molecule has 0 bridgehead atoms. The van der Waals surface area contributed by atoms with Gasteiger partial charge in [-0.15, -0.1) is 5.10 Å². The SMILES string of the molecule is O=C(Nc1cc2c(-c3nc4ccc(N5CCOCC5)cn4n3)cnc(C(F)F)c2cn1)C1CC1. The standard InChI is InChI=1S/C23H21F2N7O2/c24-21(25)20-16-10-26-18(28-23(33)13-1-2-13)9-15(16)17(11-27-20)22-29-19-4-3-14(12-32(19)30-22)31-5-7-34-8-6-31/h3-4,9-13,21H,1-2,5-8H2,(H,26,28,33). The van der Waals surface area contributed by atoms with Crippen LogP contribution in [0.4, 0.5) is 20.3 Å². The maximum absolute atomic E-state index is 13.6. The molecular formula is C23H21F2N7O2. The van der Waals surface area contributed by atoms with Gasteiger partial charge in [-0.1, -0.05) is 0 Å². The zero-order valence-electron chi connectivity index (χ0n) is 18.1. The van der Waals surface area contributed by atoms with Gasteiger partial charge in [0.05, 0.1) is 25.1 Å². The Morgan fingerprint density at radius 3 is 2.71 bits per heavy atom. The van der Waals surface area contributed by atoms with Crippen LogP contribution in [0.3, 0.4) is 0 Å². The minimum atomic E-state index is -2.77. The molecule has 1 N–H and O–H groups in total. The Morgan fingerprint density at radius 2 is 1.94 bits per heavy atom. The molecule has 2 fully saturated rings. The molecule has 2 aliphatic rings. The average molecular weight is 465 g/mol. The molecule has 0 unspecified atom stereocenters. The van der Waals surface area contributed by atoms with Crippen LogP contribution in [0.15, 0.2) is 36.8 Å². The molecule has 1 aliphatic carbocycles. The van der Waals surface area contributed by atoms with Crippen LogP contribution in [0.1, 0.15) is 25.0 Å². The lowest BCUT2D eigenvalue weighted by molar-refractivity contribution is -0.117. The van der Waals surface area contributed by atoms with E-state index < -0.39 is 6.43 Å². The van der Waals surface area contributed by atoms with Gasteiger partial charge < -0.3 is 15.0 Å². The summed E-state index contributed by atoms with van der Waals surface area (Å²) in [6, 6.07) is 5.43. The number of nitrogens with one attached hydrogen (secondary N) is 1. The summed E-state index contributed by atoms with van der Waals surface area (Å²) >= 11 is 0. The van der Waals surface area contributed by atoms with Gasteiger partial charge in [0.1, 0.15) is 11.5 Å². The van der Waals surface area contributed by atoms with Gasteiger partial charge in [-0.3, -0.25) is 9.78 Å². The first-order valence-corrected chi connectivity index (χ1v) is 11.1. The van der Waals surface area contributed by atoms with Crippen molar-refractivity contribution in [3.63, 3.8) is 0 Å². The summed E-state index contributed by atoms with van der Waals surface area (Å²) in [4.78, 5) is 27.2. The lowest BCUT2D eigenvalue weighted by atomic mass is 10.1. The summed E-state index contributed by atoms with van der Waals surface area (Å²) in [6.45, 7) is 2.92. The van der Waals surface area contributed by atoms with E-state index in [2.05, 4.69) is 30.3 Å². The predicted octanol–water partition coefficient (Wildman–Crippen LogP) is 3.46.